The van der Waals surface area contributed by atoms with Crippen molar-refractivity contribution in [2.45, 2.75) is 6.42 Å². The van der Waals surface area contributed by atoms with E-state index in [0.29, 0.717) is 30.0 Å². The van der Waals surface area contributed by atoms with Crippen LogP contribution in [0.1, 0.15) is 16.8 Å². The largest absolute Gasteiger partial charge is 0.481 e. The lowest BCUT2D eigenvalue weighted by Crippen LogP contribution is -2.29. The van der Waals surface area contributed by atoms with E-state index in [1.54, 1.807) is 41.3 Å². The SMILES string of the molecule is O=C(O)C1CCN(C(=O)c2ccc(Oc3cccc(F)c3)cc2)C1. The van der Waals surface area contributed by atoms with Crippen LogP contribution in [-0.4, -0.2) is 35.0 Å². The maximum Gasteiger partial charge on any atom is 0.308 e. The first kappa shape index (κ1) is 16.0. The average molecular weight is 329 g/mol. The van der Waals surface area contributed by atoms with E-state index in [0.717, 1.165) is 0 Å². The zero-order valence-electron chi connectivity index (χ0n) is 12.8. The summed E-state index contributed by atoms with van der Waals surface area (Å²) in [7, 11) is 0. The number of carboxylic acid groups (broad SMARTS) is 1. The molecule has 3 rings (SSSR count). The molecule has 0 aliphatic carbocycles. The number of carbonyl (C=O) groups is 2. The highest BCUT2D eigenvalue weighted by atomic mass is 19.1. The number of ether oxygens (including phenoxy) is 1. The number of carbonyl (C=O) groups excluding carboxylic acids is 1. The highest BCUT2D eigenvalue weighted by molar-refractivity contribution is 5.95. The number of hydrogen-bond donors (Lipinski definition) is 1. The molecule has 0 spiro atoms. The molecule has 2 aromatic rings. The Morgan fingerprint density at radius 2 is 1.88 bits per heavy atom. The smallest absolute Gasteiger partial charge is 0.308 e. The highest BCUT2D eigenvalue weighted by Crippen LogP contribution is 2.24. The summed E-state index contributed by atoms with van der Waals surface area (Å²) in [6.07, 6.45) is 0.474. The van der Waals surface area contributed by atoms with E-state index >= 15 is 0 Å². The van der Waals surface area contributed by atoms with E-state index in [2.05, 4.69) is 0 Å². The van der Waals surface area contributed by atoms with E-state index in [4.69, 9.17) is 9.84 Å². The summed E-state index contributed by atoms with van der Waals surface area (Å²) in [5, 5.41) is 9.00. The number of rotatable bonds is 4. The fourth-order valence-corrected chi connectivity index (χ4v) is 2.66. The minimum atomic E-state index is -0.871. The third kappa shape index (κ3) is 3.53. The summed E-state index contributed by atoms with van der Waals surface area (Å²) >= 11 is 0. The van der Waals surface area contributed by atoms with Crippen LogP contribution in [0.2, 0.25) is 0 Å². The van der Waals surface area contributed by atoms with Crippen molar-refractivity contribution < 1.29 is 23.8 Å². The summed E-state index contributed by atoms with van der Waals surface area (Å²) in [6.45, 7) is 0.674. The van der Waals surface area contributed by atoms with Crippen molar-refractivity contribution in [2.75, 3.05) is 13.1 Å². The number of hydrogen-bond acceptors (Lipinski definition) is 3. The molecule has 1 aliphatic heterocycles. The van der Waals surface area contributed by atoms with Crippen LogP contribution in [-0.2, 0) is 4.79 Å². The zero-order valence-corrected chi connectivity index (χ0v) is 12.8. The topological polar surface area (TPSA) is 66.8 Å². The number of halogens is 1. The van der Waals surface area contributed by atoms with Crippen LogP contribution in [0, 0.1) is 11.7 Å². The molecule has 1 saturated heterocycles. The van der Waals surface area contributed by atoms with E-state index in [1.165, 1.54) is 12.1 Å². The molecule has 1 aliphatic rings. The predicted molar refractivity (Wildman–Crippen MR) is 84.6 cm³/mol. The molecule has 1 unspecified atom stereocenters. The summed E-state index contributed by atoms with van der Waals surface area (Å²) in [4.78, 5) is 24.9. The van der Waals surface area contributed by atoms with Crippen molar-refractivity contribution in [1.82, 2.24) is 4.90 Å². The lowest BCUT2D eigenvalue weighted by Gasteiger charge is -2.16. The Morgan fingerprint density at radius 1 is 1.12 bits per heavy atom. The Balaban J connectivity index is 1.66. The molecule has 0 bridgehead atoms. The molecule has 1 heterocycles. The van der Waals surface area contributed by atoms with Crippen molar-refractivity contribution in [3.63, 3.8) is 0 Å². The summed E-state index contributed by atoms with van der Waals surface area (Å²) in [6, 6.07) is 12.3. The second kappa shape index (κ2) is 6.70. The Bertz CT molecular complexity index is 760. The minimum absolute atomic E-state index is 0.198. The number of carboxylic acids is 1. The zero-order chi connectivity index (χ0) is 17.1. The van der Waals surface area contributed by atoms with Gasteiger partial charge >= 0.3 is 5.97 Å². The molecule has 1 atom stereocenters. The molecule has 0 aromatic heterocycles. The first-order valence-corrected chi connectivity index (χ1v) is 7.58. The minimum Gasteiger partial charge on any atom is -0.481 e. The average Bonchev–Trinajstić information content (AvgIpc) is 3.05. The molecule has 0 saturated carbocycles. The fraction of sp³-hybridized carbons (Fsp3) is 0.222. The van der Waals surface area contributed by atoms with E-state index in [1.807, 2.05) is 0 Å². The number of amides is 1. The van der Waals surface area contributed by atoms with Gasteiger partial charge in [0.15, 0.2) is 0 Å². The van der Waals surface area contributed by atoms with Crippen molar-refractivity contribution in [3.05, 3.63) is 59.9 Å². The van der Waals surface area contributed by atoms with Crippen molar-refractivity contribution in [1.29, 1.82) is 0 Å². The highest BCUT2D eigenvalue weighted by Gasteiger charge is 2.31. The van der Waals surface area contributed by atoms with Gasteiger partial charge in [0.05, 0.1) is 5.92 Å². The molecule has 1 fully saturated rings. The van der Waals surface area contributed by atoms with Gasteiger partial charge in [-0.1, -0.05) is 6.07 Å². The quantitative estimate of drug-likeness (QED) is 0.935. The first-order valence-electron chi connectivity index (χ1n) is 7.58. The molecule has 0 radical (unpaired) electrons. The first-order chi connectivity index (χ1) is 11.5. The molecule has 1 N–H and O–H groups in total. The van der Waals surface area contributed by atoms with Gasteiger partial charge in [-0.3, -0.25) is 9.59 Å². The van der Waals surface area contributed by atoms with Gasteiger partial charge in [-0.2, -0.15) is 0 Å². The number of benzene rings is 2. The summed E-state index contributed by atoms with van der Waals surface area (Å²) in [5.74, 6) is -1.09. The molecule has 1 amide bonds. The molecule has 124 valence electrons. The lowest BCUT2D eigenvalue weighted by molar-refractivity contribution is -0.141. The van der Waals surface area contributed by atoms with Crippen LogP contribution >= 0.6 is 0 Å². The van der Waals surface area contributed by atoms with Crippen LogP contribution in [0.25, 0.3) is 0 Å². The standard InChI is InChI=1S/C18H16FNO4/c19-14-2-1-3-16(10-14)24-15-6-4-12(5-7-15)17(21)20-9-8-13(11-20)18(22)23/h1-7,10,13H,8-9,11H2,(H,22,23). The maximum atomic E-state index is 13.1. The lowest BCUT2D eigenvalue weighted by atomic mass is 10.1. The van der Waals surface area contributed by atoms with Crippen LogP contribution in [0.3, 0.4) is 0 Å². The predicted octanol–water partition coefficient (Wildman–Crippen LogP) is 3.16. The van der Waals surface area contributed by atoms with Crippen molar-refractivity contribution in [3.8, 4) is 11.5 Å². The molecule has 24 heavy (non-hydrogen) atoms. The third-order valence-electron chi connectivity index (χ3n) is 3.96. The Kier molecular flexibility index (Phi) is 4.46. The normalized spacial score (nSPS) is 16.9. The Hall–Kier alpha value is -2.89. The second-order valence-corrected chi connectivity index (χ2v) is 5.66. The molecular weight excluding hydrogens is 313 g/mol. The second-order valence-electron chi connectivity index (χ2n) is 5.66. The monoisotopic (exact) mass is 329 g/mol. The van der Waals surface area contributed by atoms with Gasteiger partial charge < -0.3 is 14.7 Å². The molecule has 6 heteroatoms. The molecular formula is C18H16FNO4. The van der Waals surface area contributed by atoms with Crippen LogP contribution in [0.4, 0.5) is 4.39 Å². The Morgan fingerprint density at radius 3 is 2.50 bits per heavy atom. The third-order valence-corrected chi connectivity index (χ3v) is 3.96. The van der Waals surface area contributed by atoms with E-state index in [-0.39, 0.29) is 18.3 Å². The summed E-state index contributed by atoms with van der Waals surface area (Å²) in [5.41, 5.74) is 0.465. The van der Waals surface area contributed by atoms with Gasteiger partial charge in [0.25, 0.3) is 5.91 Å². The van der Waals surface area contributed by atoms with Gasteiger partial charge in [-0.05, 0) is 42.8 Å². The Labute approximate surface area is 138 Å². The van der Waals surface area contributed by atoms with Crippen molar-refractivity contribution >= 4 is 11.9 Å². The van der Waals surface area contributed by atoms with E-state index < -0.39 is 11.9 Å². The number of aliphatic carboxylic acids is 1. The van der Waals surface area contributed by atoms with Gasteiger partial charge in [-0.15, -0.1) is 0 Å². The van der Waals surface area contributed by atoms with E-state index in [9.17, 15) is 14.0 Å². The number of nitrogens with zero attached hydrogens (tertiary/aromatic N) is 1. The van der Waals surface area contributed by atoms with Crippen LogP contribution in [0.5, 0.6) is 11.5 Å². The molecule has 5 nitrogen and oxygen atoms in total. The van der Waals surface area contributed by atoms with Gasteiger partial charge in [0.2, 0.25) is 0 Å². The van der Waals surface area contributed by atoms with Gasteiger partial charge in [0, 0.05) is 24.7 Å². The van der Waals surface area contributed by atoms with Gasteiger partial charge in [-0.25, -0.2) is 4.39 Å². The van der Waals surface area contributed by atoms with Gasteiger partial charge in [0.1, 0.15) is 17.3 Å². The maximum absolute atomic E-state index is 13.1. The van der Waals surface area contributed by atoms with Crippen molar-refractivity contribution in [2.24, 2.45) is 5.92 Å². The number of likely N-dealkylation sites (tertiary alicyclic amines) is 1. The summed E-state index contributed by atoms with van der Waals surface area (Å²) < 4.78 is 18.7. The van der Waals surface area contributed by atoms with Crippen LogP contribution < -0.4 is 4.74 Å². The fourth-order valence-electron chi connectivity index (χ4n) is 2.66. The van der Waals surface area contributed by atoms with Crippen LogP contribution in [0.15, 0.2) is 48.5 Å². The molecule has 2 aromatic carbocycles.